The van der Waals surface area contributed by atoms with Gasteiger partial charge in [0.05, 0.1) is 16.9 Å². The van der Waals surface area contributed by atoms with Crippen molar-refractivity contribution in [3.05, 3.63) is 23.8 Å². The summed E-state index contributed by atoms with van der Waals surface area (Å²) in [5.41, 5.74) is 0.327. The molecule has 0 unspecified atom stereocenters. The Kier molecular flexibility index (Phi) is 2.47. The third kappa shape index (κ3) is 1.82. The first kappa shape index (κ1) is 11.7. The minimum Gasteiger partial charge on any atom is -0.383 e. The van der Waals surface area contributed by atoms with Crippen molar-refractivity contribution in [2.24, 2.45) is 5.41 Å². The Morgan fingerprint density at radius 3 is 2.39 bits per heavy atom. The monoisotopic (exact) mass is 256 g/mol. The second-order valence-electron chi connectivity index (χ2n) is 5.29. The lowest BCUT2D eigenvalue weighted by Crippen LogP contribution is -2.40. The summed E-state index contributed by atoms with van der Waals surface area (Å²) in [5, 5.41) is 6.18. The fourth-order valence-corrected chi connectivity index (χ4v) is 2.78. The van der Waals surface area contributed by atoms with E-state index in [1.165, 1.54) is 12.5 Å². The van der Waals surface area contributed by atoms with Crippen molar-refractivity contribution >= 4 is 11.4 Å². The first-order chi connectivity index (χ1) is 8.50. The van der Waals surface area contributed by atoms with Gasteiger partial charge in [-0.1, -0.05) is 12.5 Å². The lowest BCUT2D eigenvalue weighted by molar-refractivity contribution is -0.136. The summed E-state index contributed by atoms with van der Waals surface area (Å²) in [4.78, 5) is 0. The van der Waals surface area contributed by atoms with Crippen molar-refractivity contribution in [2.45, 2.75) is 25.4 Å². The smallest absolute Gasteiger partial charge is 0.383 e. The molecule has 3 rings (SSSR count). The van der Waals surface area contributed by atoms with E-state index in [4.69, 9.17) is 0 Å². The molecule has 98 valence electrons. The number of hydrogen-bond donors (Lipinski definition) is 2. The molecular weight excluding hydrogens is 241 g/mol. The van der Waals surface area contributed by atoms with E-state index in [0.29, 0.717) is 12.2 Å². The third-order valence-electron chi connectivity index (χ3n) is 4.08. The number of halogens is 3. The van der Waals surface area contributed by atoms with Crippen LogP contribution in [-0.2, 0) is 6.18 Å². The first-order valence-corrected chi connectivity index (χ1v) is 6.18. The summed E-state index contributed by atoms with van der Waals surface area (Å²) >= 11 is 0. The number of alkyl halides is 3. The summed E-state index contributed by atoms with van der Waals surface area (Å²) in [6.45, 7) is 1.38. The summed E-state index contributed by atoms with van der Waals surface area (Å²) in [6.07, 6.45) is -0.965. The third-order valence-corrected chi connectivity index (χ3v) is 4.08. The van der Waals surface area contributed by atoms with E-state index in [0.717, 1.165) is 25.5 Å². The van der Waals surface area contributed by atoms with E-state index in [-0.39, 0.29) is 11.1 Å². The van der Waals surface area contributed by atoms with Crippen LogP contribution in [-0.4, -0.2) is 13.1 Å². The topological polar surface area (TPSA) is 24.1 Å². The molecule has 1 spiro atoms. The second-order valence-corrected chi connectivity index (χ2v) is 5.29. The van der Waals surface area contributed by atoms with E-state index in [2.05, 4.69) is 10.6 Å². The Balaban J connectivity index is 1.96. The molecule has 1 saturated carbocycles. The number of hydrogen-bond acceptors (Lipinski definition) is 2. The molecular formula is C13H15F3N2. The highest BCUT2D eigenvalue weighted by atomic mass is 19.4. The molecule has 0 saturated heterocycles. The van der Waals surface area contributed by atoms with Crippen LogP contribution >= 0.6 is 0 Å². The molecule has 2 N–H and O–H groups in total. The van der Waals surface area contributed by atoms with Crippen molar-refractivity contribution in [2.75, 3.05) is 23.7 Å². The molecule has 1 aliphatic carbocycles. The van der Waals surface area contributed by atoms with Gasteiger partial charge in [0.25, 0.3) is 0 Å². The predicted octanol–water partition coefficient (Wildman–Crippen LogP) is 3.71. The van der Waals surface area contributed by atoms with Crippen LogP contribution in [0.1, 0.15) is 24.8 Å². The standard InChI is InChI=1S/C13H15F3N2/c14-13(15,16)9-3-1-4-10-11(9)18-8-12(7-17-10)5-2-6-12/h1,3-4,17-18H,2,5-8H2. The summed E-state index contributed by atoms with van der Waals surface area (Å²) < 4.78 is 38.8. The highest BCUT2D eigenvalue weighted by Gasteiger charge is 2.40. The van der Waals surface area contributed by atoms with Crippen molar-refractivity contribution in [3.63, 3.8) is 0 Å². The van der Waals surface area contributed by atoms with Gasteiger partial charge >= 0.3 is 6.18 Å². The molecule has 0 atom stereocenters. The minimum absolute atomic E-state index is 0.141. The Morgan fingerprint density at radius 2 is 1.78 bits per heavy atom. The maximum atomic E-state index is 12.9. The number of rotatable bonds is 0. The van der Waals surface area contributed by atoms with E-state index >= 15 is 0 Å². The quantitative estimate of drug-likeness (QED) is 0.739. The summed E-state index contributed by atoms with van der Waals surface area (Å²) in [7, 11) is 0. The maximum absolute atomic E-state index is 12.9. The average molecular weight is 256 g/mol. The van der Waals surface area contributed by atoms with Gasteiger partial charge in [0.2, 0.25) is 0 Å². The lowest BCUT2D eigenvalue weighted by atomic mass is 9.69. The Bertz CT molecular complexity index is 464. The van der Waals surface area contributed by atoms with Gasteiger partial charge in [0.15, 0.2) is 0 Å². The summed E-state index contributed by atoms with van der Waals surface area (Å²) in [5.74, 6) is 0. The second kappa shape index (κ2) is 3.80. The number of fused-ring (bicyclic) bond motifs is 1. The molecule has 0 bridgehead atoms. The lowest BCUT2D eigenvalue weighted by Gasteiger charge is -2.41. The van der Waals surface area contributed by atoms with E-state index in [9.17, 15) is 13.2 Å². The molecule has 1 heterocycles. The van der Waals surface area contributed by atoms with Crippen LogP contribution in [0.3, 0.4) is 0 Å². The number of benzene rings is 1. The molecule has 1 aromatic rings. The van der Waals surface area contributed by atoms with Crippen LogP contribution in [0.25, 0.3) is 0 Å². The van der Waals surface area contributed by atoms with Crippen LogP contribution in [0.2, 0.25) is 0 Å². The fraction of sp³-hybridized carbons (Fsp3) is 0.538. The van der Waals surface area contributed by atoms with Gasteiger partial charge in [0, 0.05) is 18.5 Å². The molecule has 1 fully saturated rings. The zero-order chi connectivity index (χ0) is 12.8. The minimum atomic E-state index is -4.31. The molecule has 0 amide bonds. The van der Waals surface area contributed by atoms with Gasteiger partial charge in [-0.25, -0.2) is 0 Å². The molecule has 5 heteroatoms. The highest BCUT2D eigenvalue weighted by molar-refractivity contribution is 5.74. The van der Waals surface area contributed by atoms with E-state index in [1.54, 1.807) is 6.07 Å². The number of para-hydroxylation sites is 1. The predicted molar refractivity (Wildman–Crippen MR) is 64.7 cm³/mol. The van der Waals surface area contributed by atoms with Gasteiger partial charge in [-0.2, -0.15) is 13.2 Å². The fourth-order valence-electron chi connectivity index (χ4n) is 2.78. The van der Waals surface area contributed by atoms with Gasteiger partial charge < -0.3 is 10.6 Å². The van der Waals surface area contributed by atoms with Crippen LogP contribution in [0.15, 0.2) is 18.2 Å². The van der Waals surface area contributed by atoms with Gasteiger partial charge in [-0.05, 0) is 25.0 Å². The maximum Gasteiger partial charge on any atom is 0.418 e. The average Bonchev–Trinajstić information content (AvgIpc) is 2.46. The molecule has 1 aromatic carbocycles. The molecule has 0 radical (unpaired) electrons. The number of nitrogens with one attached hydrogen (secondary N) is 2. The van der Waals surface area contributed by atoms with E-state index in [1.807, 2.05) is 0 Å². The molecule has 0 aromatic heterocycles. The van der Waals surface area contributed by atoms with Crippen LogP contribution in [0.4, 0.5) is 24.5 Å². The van der Waals surface area contributed by atoms with Gasteiger partial charge in [-0.3, -0.25) is 0 Å². The van der Waals surface area contributed by atoms with E-state index < -0.39 is 11.7 Å². The Morgan fingerprint density at radius 1 is 1.06 bits per heavy atom. The van der Waals surface area contributed by atoms with Gasteiger partial charge in [0.1, 0.15) is 0 Å². The Hall–Kier alpha value is -1.39. The molecule has 1 aliphatic heterocycles. The van der Waals surface area contributed by atoms with Crippen LogP contribution in [0.5, 0.6) is 0 Å². The molecule has 2 nitrogen and oxygen atoms in total. The highest BCUT2D eigenvalue weighted by Crippen LogP contribution is 2.46. The van der Waals surface area contributed by atoms with Crippen molar-refractivity contribution in [1.82, 2.24) is 0 Å². The molecule has 2 aliphatic rings. The Labute approximate surface area is 104 Å². The number of anilines is 2. The van der Waals surface area contributed by atoms with Crippen molar-refractivity contribution < 1.29 is 13.2 Å². The summed E-state index contributed by atoms with van der Waals surface area (Å²) in [6, 6.07) is 4.29. The normalized spacial score (nSPS) is 21.3. The van der Waals surface area contributed by atoms with Crippen molar-refractivity contribution in [1.29, 1.82) is 0 Å². The first-order valence-electron chi connectivity index (χ1n) is 6.18. The van der Waals surface area contributed by atoms with Crippen molar-refractivity contribution in [3.8, 4) is 0 Å². The zero-order valence-electron chi connectivity index (χ0n) is 9.90. The molecule has 18 heavy (non-hydrogen) atoms. The van der Waals surface area contributed by atoms with Gasteiger partial charge in [-0.15, -0.1) is 0 Å². The zero-order valence-corrected chi connectivity index (χ0v) is 9.90. The largest absolute Gasteiger partial charge is 0.418 e. The van der Waals surface area contributed by atoms with Crippen LogP contribution < -0.4 is 10.6 Å². The SMILES string of the molecule is FC(F)(F)c1cccc2c1NCC1(CCC1)CN2. The van der Waals surface area contributed by atoms with Crippen LogP contribution in [0, 0.1) is 5.41 Å².